The lowest BCUT2D eigenvalue weighted by molar-refractivity contribution is 0.0218. The number of pyridine rings is 2. The van der Waals surface area contributed by atoms with Crippen molar-refractivity contribution in [1.82, 2.24) is 19.4 Å². The molecule has 1 saturated heterocycles. The number of aromatic nitrogens is 3. The van der Waals surface area contributed by atoms with Crippen molar-refractivity contribution in [3.63, 3.8) is 0 Å². The number of fused-ring (bicyclic) bond motifs is 1. The Morgan fingerprint density at radius 2 is 1.87 bits per heavy atom. The molecule has 9 heteroatoms. The summed E-state index contributed by atoms with van der Waals surface area (Å²) in [5.41, 5.74) is 1.82. The number of halogens is 1. The molecule has 1 atom stereocenters. The van der Waals surface area contributed by atoms with E-state index in [2.05, 4.69) is 16.0 Å². The SMILES string of the molecule is CC1CN(C(=O)OC(C)(C)C)CCN1c1nccc2c1c(-c1ccccc1F)cn2-c1cc(C#N)ccn1. The number of amides is 1. The molecule has 0 radical (unpaired) electrons. The zero-order valence-corrected chi connectivity index (χ0v) is 21.8. The normalized spacial score (nSPS) is 15.9. The fraction of sp³-hybridized carbons (Fsp3) is 0.310. The van der Waals surface area contributed by atoms with Gasteiger partial charge in [0.25, 0.3) is 0 Å². The number of hydrogen-bond acceptors (Lipinski definition) is 6. The van der Waals surface area contributed by atoms with Gasteiger partial charge in [-0.2, -0.15) is 5.26 Å². The van der Waals surface area contributed by atoms with Crippen LogP contribution in [-0.2, 0) is 4.74 Å². The fourth-order valence-corrected chi connectivity index (χ4v) is 4.84. The van der Waals surface area contributed by atoms with Crippen LogP contribution in [0.25, 0.3) is 27.8 Å². The quantitative estimate of drug-likeness (QED) is 0.358. The third kappa shape index (κ3) is 4.77. The Hall–Kier alpha value is -4.45. The number of piperazine rings is 1. The van der Waals surface area contributed by atoms with Crippen LogP contribution < -0.4 is 4.90 Å². The van der Waals surface area contributed by atoms with E-state index in [-0.39, 0.29) is 18.0 Å². The average molecular weight is 513 g/mol. The first-order valence-corrected chi connectivity index (χ1v) is 12.5. The topological polar surface area (TPSA) is 87.3 Å². The summed E-state index contributed by atoms with van der Waals surface area (Å²) in [7, 11) is 0. The van der Waals surface area contributed by atoms with E-state index in [1.165, 1.54) is 6.07 Å². The van der Waals surface area contributed by atoms with Crippen LogP contribution in [0.5, 0.6) is 0 Å². The van der Waals surface area contributed by atoms with Gasteiger partial charge in [0, 0.05) is 55.4 Å². The van der Waals surface area contributed by atoms with E-state index in [4.69, 9.17) is 9.72 Å². The molecular weight excluding hydrogens is 483 g/mol. The monoisotopic (exact) mass is 512 g/mol. The van der Waals surface area contributed by atoms with E-state index in [9.17, 15) is 10.1 Å². The van der Waals surface area contributed by atoms with E-state index < -0.39 is 5.60 Å². The number of anilines is 1. The molecule has 1 aliphatic rings. The first-order chi connectivity index (χ1) is 18.2. The van der Waals surface area contributed by atoms with E-state index in [0.717, 1.165) is 10.9 Å². The zero-order chi connectivity index (χ0) is 27.0. The number of nitriles is 1. The summed E-state index contributed by atoms with van der Waals surface area (Å²) in [5.74, 6) is 0.909. The van der Waals surface area contributed by atoms with Gasteiger partial charge in [-0.1, -0.05) is 18.2 Å². The summed E-state index contributed by atoms with van der Waals surface area (Å²) in [4.78, 5) is 25.8. The van der Waals surface area contributed by atoms with Gasteiger partial charge in [0.2, 0.25) is 0 Å². The van der Waals surface area contributed by atoms with Gasteiger partial charge in [-0.25, -0.2) is 19.2 Å². The molecule has 4 heterocycles. The summed E-state index contributed by atoms with van der Waals surface area (Å²) in [5, 5.41) is 10.2. The Morgan fingerprint density at radius 3 is 2.58 bits per heavy atom. The molecule has 1 aromatic carbocycles. The Morgan fingerprint density at radius 1 is 1.11 bits per heavy atom. The van der Waals surface area contributed by atoms with Crippen LogP contribution in [-0.4, -0.2) is 56.8 Å². The number of carbonyl (C=O) groups is 1. The molecule has 1 fully saturated rings. The number of rotatable bonds is 3. The van der Waals surface area contributed by atoms with Crippen molar-refractivity contribution in [3.8, 4) is 23.0 Å². The molecule has 4 aromatic rings. The molecule has 8 nitrogen and oxygen atoms in total. The van der Waals surface area contributed by atoms with Crippen molar-refractivity contribution in [2.24, 2.45) is 0 Å². The summed E-state index contributed by atoms with van der Waals surface area (Å²) in [6, 6.07) is 13.9. The fourth-order valence-electron chi connectivity index (χ4n) is 4.84. The van der Waals surface area contributed by atoms with Gasteiger partial charge < -0.3 is 19.1 Å². The van der Waals surface area contributed by atoms with Crippen LogP contribution >= 0.6 is 0 Å². The molecule has 1 aliphatic heterocycles. The van der Waals surface area contributed by atoms with Crippen LogP contribution in [0.15, 0.2) is 61.1 Å². The van der Waals surface area contributed by atoms with E-state index in [1.54, 1.807) is 47.6 Å². The zero-order valence-electron chi connectivity index (χ0n) is 21.8. The molecule has 1 amide bonds. The van der Waals surface area contributed by atoms with E-state index >= 15 is 4.39 Å². The van der Waals surface area contributed by atoms with Gasteiger partial charge in [-0.15, -0.1) is 0 Å². The van der Waals surface area contributed by atoms with Gasteiger partial charge in [0.05, 0.1) is 22.5 Å². The predicted octanol–water partition coefficient (Wildman–Crippen LogP) is 5.54. The van der Waals surface area contributed by atoms with Crippen LogP contribution in [0.4, 0.5) is 15.0 Å². The minimum absolute atomic E-state index is 0.0637. The van der Waals surface area contributed by atoms with Crippen LogP contribution in [0.3, 0.4) is 0 Å². The number of carbonyl (C=O) groups excluding carboxylic acids is 1. The molecule has 1 unspecified atom stereocenters. The third-order valence-electron chi connectivity index (χ3n) is 6.53. The highest BCUT2D eigenvalue weighted by molar-refractivity contribution is 6.04. The summed E-state index contributed by atoms with van der Waals surface area (Å²) >= 11 is 0. The minimum Gasteiger partial charge on any atom is -0.444 e. The second kappa shape index (κ2) is 9.78. The maximum atomic E-state index is 15.1. The maximum Gasteiger partial charge on any atom is 0.410 e. The van der Waals surface area contributed by atoms with Crippen molar-refractivity contribution in [2.75, 3.05) is 24.5 Å². The van der Waals surface area contributed by atoms with Crippen molar-refractivity contribution < 1.29 is 13.9 Å². The van der Waals surface area contributed by atoms with Gasteiger partial charge in [-0.05, 0) is 52.0 Å². The molecule has 0 N–H and O–H groups in total. The first kappa shape index (κ1) is 25.2. The first-order valence-electron chi connectivity index (χ1n) is 12.5. The highest BCUT2D eigenvalue weighted by Crippen LogP contribution is 2.39. The van der Waals surface area contributed by atoms with Gasteiger partial charge >= 0.3 is 6.09 Å². The smallest absolute Gasteiger partial charge is 0.410 e. The van der Waals surface area contributed by atoms with E-state index in [1.807, 2.05) is 44.5 Å². The lowest BCUT2D eigenvalue weighted by Gasteiger charge is -2.41. The predicted molar refractivity (Wildman–Crippen MR) is 144 cm³/mol. The number of benzene rings is 1. The van der Waals surface area contributed by atoms with Crippen LogP contribution in [0.1, 0.15) is 33.3 Å². The Kier molecular flexibility index (Phi) is 6.49. The molecule has 0 bridgehead atoms. The third-order valence-corrected chi connectivity index (χ3v) is 6.53. The second-order valence-electron chi connectivity index (χ2n) is 10.4. The molecule has 194 valence electrons. The number of nitrogens with zero attached hydrogens (tertiary/aromatic N) is 6. The second-order valence-corrected chi connectivity index (χ2v) is 10.4. The highest BCUT2D eigenvalue weighted by Gasteiger charge is 2.32. The van der Waals surface area contributed by atoms with Crippen molar-refractivity contribution in [2.45, 2.75) is 39.3 Å². The Balaban J connectivity index is 1.62. The lowest BCUT2D eigenvalue weighted by atomic mass is 10.0. The Labute approximate surface area is 220 Å². The number of hydrogen-bond donors (Lipinski definition) is 0. The largest absolute Gasteiger partial charge is 0.444 e. The van der Waals surface area contributed by atoms with Crippen LogP contribution in [0.2, 0.25) is 0 Å². The minimum atomic E-state index is -0.570. The standard InChI is InChI=1S/C29H29FN6O2/c1-19-17-34(28(37)38-29(2,3)4)13-14-35(19)27-26-22(21-7-5-6-8-23(21)30)18-36(24(26)10-12-33-27)25-15-20(16-31)9-11-32-25/h5-12,15,18-19H,13-14,17H2,1-4H3. The molecule has 5 rings (SSSR count). The maximum absolute atomic E-state index is 15.1. The van der Waals surface area contributed by atoms with Crippen molar-refractivity contribution in [3.05, 3.63) is 72.4 Å². The van der Waals surface area contributed by atoms with Gasteiger partial charge in [-0.3, -0.25) is 0 Å². The molecular formula is C29H29FN6O2. The van der Waals surface area contributed by atoms with Gasteiger partial charge in [0.15, 0.2) is 0 Å². The molecule has 0 saturated carbocycles. The highest BCUT2D eigenvalue weighted by atomic mass is 19.1. The molecule has 0 aliphatic carbocycles. The van der Waals surface area contributed by atoms with Crippen molar-refractivity contribution in [1.29, 1.82) is 5.26 Å². The molecule has 0 spiro atoms. The summed E-state index contributed by atoms with van der Waals surface area (Å²) < 4.78 is 22.5. The summed E-state index contributed by atoms with van der Waals surface area (Å²) in [6.07, 6.45) is 4.82. The molecule has 3 aromatic heterocycles. The lowest BCUT2D eigenvalue weighted by Crippen LogP contribution is -2.54. The average Bonchev–Trinajstić information content (AvgIpc) is 3.28. The van der Waals surface area contributed by atoms with E-state index in [0.29, 0.717) is 48.0 Å². The van der Waals surface area contributed by atoms with Gasteiger partial charge in [0.1, 0.15) is 23.1 Å². The van der Waals surface area contributed by atoms with Crippen molar-refractivity contribution >= 4 is 22.8 Å². The number of ether oxygens (including phenoxy) is 1. The molecule has 38 heavy (non-hydrogen) atoms. The Bertz CT molecular complexity index is 1550. The van der Waals surface area contributed by atoms with Crippen LogP contribution in [0, 0.1) is 17.1 Å². The summed E-state index contributed by atoms with van der Waals surface area (Å²) in [6.45, 7) is 9.07.